The van der Waals surface area contributed by atoms with E-state index in [4.69, 9.17) is 5.73 Å². The van der Waals surface area contributed by atoms with Crippen LogP contribution in [0, 0.1) is 12.8 Å². The summed E-state index contributed by atoms with van der Waals surface area (Å²) in [7, 11) is 0. The Morgan fingerprint density at radius 2 is 2.08 bits per heavy atom. The molecule has 1 atom stereocenters. The zero-order chi connectivity index (χ0) is 10.0. The van der Waals surface area contributed by atoms with E-state index >= 15 is 0 Å². The molecule has 72 valence electrons. The van der Waals surface area contributed by atoms with Gasteiger partial charge in [0, 0.05) is 12.2 Å². The predicted molar refractivity (Wildman–Crippen MR) is 58.4 cm³/mol. The number of pyridine rings is 1. The maximum atomic E-state index is 6.00. The summed E-state index contributed by atoms with van der Waals surface area (Å²) >= 11 is 3.36. The summed E-state index contributed by atoms with van der Waals surface area (Å²) in [4.78, 5) is 4.22. The molecule has 0 bridgehead atoms. The second-order valence-electron chi connectivity index (χ2n) is 3.65. The molecule has 0 aliphatic carbocycles. The highest BCUT2D eigenvalue weighted by Crippen LogP contribution is 2.21. The van der Waals surface area contributed by atoms with Gasteiger partial charge in [0.1, 0.15) is 4.60 Å². The molecule has 1 aromatic rings. The van der Waals surface area contributed by atoms with Crippen molar-refractivity contribution < 1.29 is 0 Å². The number of aromatic nitrogens is 1. The standard InChI is InChI=1S/C10H15BrN2/c1-6(2)9(12)8-4-7(3)10(11)13-5-8/h4-6,9H,12H2,1-3H3. The van der Waals surface area contributed by atoms with Gasteiger partial charge >= 0.3 is 0 Å². The Morgan fingerprint density at radius 3 is 2.54 bits per heavy atom. The largest absolute Gasteiger partial charge is 0.324 e. The van der Waals surface area contributed by atoms with Crippen molar-refractivity contribution in [1.29, 1.82) is 0 Å². The van der Waals surface area contributed by atoms with Crippen molar-refractivity contribution in [3.05, 3.63) is 28.0 Å². The zero-order valence-electron chi connectivity index (χ0n) is 8.21. The first kappa shape index (κ1) is 10.7. The van der Waals surface area contributed by atoms with Crippen LogP contribution in [-0.2, 0) is 0 Å². The Bertz CT molecular complexity index is 297. The predicted octanol–water partition coefficient (Wildman–Crippen LogP) is 2.81. The van der Waals surface area contributed by atoms with Crippen molar-refractivity contribution in [1.82, 2.24) is 4.98 Å². The highest BCUT2D eigenvalue weighted by Gasteiger charge is 2.11. The van der Waals surface area contributed by atoms with Crippen LogP contribution in [-0.4, -0.2) is 4.98 Å². The van der Waals surface area contributed by atoms with Crippen LogP contribution in [0.15, 0.2) is 16.9 Å². The van der Waals surface area contributed by atoms with E-state index in [1.807, 2.05) is 13.1 Å². The lowest BCUT2D eigenvalue weighted by Crippen LogP contribution is -2.17. The smallest absolute Gasteiger partial charge is 0.108 e. The molecule has 0 saturated carbocycles. The average Bonchev–Trinajstić information content (AvgIpc) is 2.08. The van der Waals surface area contributed by atoms with E-state index in [1.54, 1.807) is 0 Å². The van der Waals surface area contributed by atoms with Gasteiger partial charge in [0.15, 0.2) is 0 Å². The van der Waals surface area contributed by atoms with Crippen molar-refractivity contribution in [2.75, 3.05) is 0 Å². The fourth-order valence-electron chi connectivity index (χ4n) is 1.15. The summed E-state index contributed by atoms with van der Waals surface area (Å²) in [6, 6.07) is 2.17. The molecule has 0 fully saturated rings. The topological polar surface area (TPSA) is 38.9 Å². The highest BCUT2D eigenvalue weighted by atomic mass is 79.9. The first-order chi connectivity index (χ1) is 6.02. The van der Waals surface area contributed by atoms with Gasteiger partial charge in [-0.1, -0.05) is 19.9 Å². The van der Waals surface area contributed by atoms with Crippen LogP contribution in [0.2, 0.25) is 0 Å². The van der Waals surface area contributed by atoms with Crippen LogP contribution in [0.1, 0.15) is 31.0 Å². The molecular weight excluding hydrogens is 228 g/mol. The molecule has 1 heterocycles. The van der Waals surface area contributed by atoms with Gasteiger partial charge < -0.3 is 5.73 Å². The molecule has 0 saturated heterocycles. The van der Waals surface area contributed by atoms with Crippen LogP contribution in [0.5, 0.6) is 0 Å². The molecule has 0 amide bonds. The lowest BCUT2D eigenvalue weighted by Gasteiger charge is -2.16. The SMILES string of the molecule is Cc1cc(C(N)C(C)C)cnc1Br. The fraction of sp³-hybridized carbons (Fsp3) is 0.500. The second kappa shape index (κ2) is 4.20. The summed E-state index contributed by atoms with van der Waals surface area (Å²) in [5, 5.41) is 0. The van der Waals surface area contributed by atoms with E-state index in [2.05, 4.69) is 40.8 Å². The van der Waals surface area contributed by atoms with Crippen molar-refractivity contribution >= 4 is 15.9 Å². The molecule has 13 heavy (non-hydrogen) atoms. The molecule has 1 rings (SSSR count). The van der Waals surface area contributed by atoms with E-state index < -0.39 is 0 Å². The lowest BCUT2D eigenvalue weighted by molar-refractivity contribution is 0.512. The Labute approximate surface area is 87.7 Å². The molecule has 1 aromatic heterocycles. The van der Waals surface area contributed by atoms with Gasteiger partial charge in [0.2, 0.25) is 0 Å². The number of hydrogen-bond donors (Lipinski definition) is 1. The summed E-state index contributed by atoms with van der Waals surface area (Å²) < 4.78 is 0.896. The van der Waals surface area contributed by atoms with Crippen LogP contribution in [0.3, 0.4) is 0 Å². The Balaban J connectivity index is 2.97. The van der Waals surface area contributed by atoms with Crippen LogP contribution >= 0.6 is 15.9 Å². The molecule has 0 radical (unpaired) electrons. The van der Waals surface area contributed by atoms with Gasteiger partial charge in [-0.3, -0.25) is 0 Å². The molecule has 0 spiro atoms. The van der Waals surface area contributed by atoms with Crippen molar-refractivity contribution in [2.24, 2.45) is 11.7 Å². The molecule has 3 heteroatoms. The van der Waals surface area contributed by atoms with Gasteiger partial charge in [-0.15, -0.1) is 0 Å². The maximum Gasteiger partial charge on any atom is 0.108 e. The number of rotatable bonds is 2. The van der Waals surface area contributed by atoms with E-state index in [0.717, 1.165) is 15.7 Å². The molecule has 2 N–H and O–H groups in total. The second-order valence-corrected chi connectivity index (χ2v) is 4.40. The Hall–Kier alpha value is -0.410. The highest BCUT2D eigenvalue weighted by molar-refractivity contribution is 9.10. The summed E-state index contributed by atoms with van der Waals surface area (Å²) in [5.74, 6) is 0.447. The fourth-order valence-corrected chi connectivity index (χ4v) is 1.36. The van der Waals surface area contributed by atoms with Crippen molar-refractivity contribution in [3.8, 4) is 0 Å². The number of nitrogens with two attached hydrogens (primary N) is 1. The molecule has 0 aliphatic rings. The number of aryl methyl sites for hydroxylation is 1. The third-order valence-electron chi connectivity index (χ3n) is 2.14. The van der Waals surface area contributed by atoms with Crippen LogP contribution in [0.4, 0.5) is 0 Å². The van der Waals surface area contributed by atoms with E-state index in [0.29, 0.717) is 5.92 Å². The van der Waals surface area contributed by atoms with E-state index in [9.17, 15) is 0 Å². The third kappa shape index (κ3) is 2.51. The lowest BCUT2D eigenvalue weighted by atomic mass is 9.98. The quantitative estimate of drug-likeness (QED) is 0.811. The van der Waals surface area contributed by atoms with E-state index in [-0.39, 0.29) is 6.04 Å². The van der Waals surface area contributed by atoms with Gasteiger partial charge in [0.05, 0.1) is 0 Å². The van der Waals surface area contributed by atoms with Crippen LogP contribution in [0.25, 0.3) is 0 Å². The third-order valence-corrected chi connectivity index (χ3v) is 2.97. The summed E-state index contributed by atoms with van der Waals surface area (Å²) in [6.07, 6.45) is 1.84. The molecule has 1 unspecified atom stereocenters. The summed E-state index contributed by atoms with van der Waals surface area (Å²) in [6.45, 7) is 6.25. The van der Waals surface area contributed by atoms with Crippen molar-refractivity contribution in [3.63, 3.8) is 0 Å². The number of hydrogen-bond acceptors (Lipinski definition) is 2. The minimum absolute atomic E-state index is 0.0827. The Kier molecular flexibility index (Phi) is 3.45. The molecule has 2 nitrogen and oxygen atoms in total. The minimum Gasteiger partial charge on any atom is -0.324 e. The Morgan fingerprint density at radius 1 is 1.46 bits per heavy atom. The van der Waals surface area contributed by atoms with Gasteiger partial charge in [-0.05, 0) is 39.9 Å². The average molecular weight is 243 g/mol. The number of nitrogens with zero attached hydrogens (tertiary/aromatic N) is 1. The zero-order valence-corrected chi connectivity index (χ0v) is 9.80. The van der Waals surface area contributed by atoms with Crippen molar-refractivity contribution in [2.45, 2.75) is 26.8 Å². The molecule has 0 aliphatic heterocycles. The molecule has 0 aromatic carbocycles. The monoisotopic (exact) mass is 242 g/mol. The first-order valence-electron chi connectivity index (χ1n) is 4.40. The van der Waals surface area contributed by atoms with Gasteiger partial charge in [-0.2, -0.15) is 0 Å². The normalized spacial score (nSPS) is 13.4. The summed E-state index contributed by atoms with van der Waals surface area (Å²) in [5.41, 5.74) is 8.24. The van der Waals surface area contributed by atoms with Gasteiger partial charge in [-0.25, -0.2) is 4.98 Å². The maximum absolute atomic E-state index is 6.00. The van der Waals surface area contributed by atoms with E-state index in [1.165, 1.54) is 0 Å². The number of halogens is 1. The van der Waals surface area contributed by atoms with Crippen LogP contribution < -0.4 is 5.73 Å². The van der Waals surface area contributed by atoms with Gasteiger partial charge in [0.25, 0.3) is 0 Å². The molecular formula is C10H15BrN2. The minimum atomic E-state index is 0.0827. The first-order valence-corrected chi connectivity index (χ1v) is 5.19.